The minimum atomic E-state index is -1.30. The first-order valence-electron chi connectivity index (χ1n) is 7.09. The quantitative estimate of drug-likeness (QED) is 0.715. The van der Waals surface area contributed by atoms with Crippen LogP contribution in [-0.2, 0) is 19.1 Å². The molecule has 0 aliphatic carbocycles. The van der Waals surface area contributed by atoms with Crippen LogP contribution in [0.15, 0.2) is 52.3 Å². The lowest BCUT2D eigenvalue weighted by Gasteiger charge is -2.26. The Kier molecular flexibility index (Phi) is 6.23. The number of anilines is 1. The smallest absolute Gasteiger partial charge is 0.355 e. The van der Waals surface area contributed by atoms with Crippen molar-refractivity contribution in [1.29, 1.82) is 0 Å². The van der Waals surface area contributed by atoms with Crippen molar-refractivity contribution in [3.63, 3.8) is 0 Å². The Morgan fingerprint density at radius 1 is 1.12 bits per heavy atom. The van der Waals surface area contributed by atoms with Crippen molar-refractivity contribution in [3.05, 3.63) is 62.9 Å². The fourth-order valence-electron chi connectivity index (χ4n) is 2.32. The van der Waals surface area contributed by atoms with Crippen LogP contribution in [0.3, 0.4) is 0 Å². The highest BCUT2D eigenvalue weighted by Gasteiger charge is 2.31. The summed E-state index contributed by atoms with van der Waals surface area (Å²) in [4.78, 5) is 37.5. The van der Waals surface area contributed by atoms with Crippen LogP contribution in [0.1, 0.15) is 10.4 Å². The van der Waals surface area contributed by atoms with Gasteiger partial charge in [-0.15, -0.1) is 0 Å². The summed E-state index contributed by atoms with van der Waals surface area (Å²) in [5.41, 5.74) is -0.507. The first-order chi connectivity index (χ1) is 12.3. The van der Waals surface area contributed by atoms with Gasteiger partial charge in [-0.05, 0) is 40.2 Å². The molecule has 0 saturated carbocycles. The van der Waals surface area contributed by atoms with E-state index in [1.165, 1.54) is 48.6 Å². The van der Waals surface area contributed by atoms with Gasteiger partial charge in [-0.25, -0.2) is 14.4 Å². The normalized spacial score (nSPS) is 13.5. The van der Waals surface area contributed by atoms with Crippen molar-refractivity contribution in [2.24, 2.45) is 0 Å². The van der Waals surface area contributed by atoms with Crippen molar-refractivity contribution < 1.29 is 29.0 Å². The van der Waals surface area contributed by atoms with Gasteiger partial charge in [0.2, 0.25) is 0 Å². The molecule has 2 rings (SSSR count). The number of carboxylic acid groups (broad SMARTS) is 1. The van der Waals surface area contributed by atoms with E-state index in [1.54, 1.807) is 0 Å². The maximum Gasteiger partial charge on any atom is 0.355 e. The van der Waals surface area contributed by atoms with E-state index < -0.39 is 17.9 Å². The van der Waals surface area contributed by atoms with E-state index in [-0.39, 0.29) is 27.5 Å². The molecular formula is C17H13BrClNO6. The third-order valence-electron chi connectivity index (χ3n) is 3.42. The summed E-state index contributed by atoms with van der Waals surface area (Å²) in [6.45, 7) is 0. The minimum absolute atomic E-state index is 0.0369. The Bertz CT molecular complexity index is 874. The van der Waals surface area contributed by atoms with Crippen molar-refractivity contribution in [3.8, 4) is 0 Å². The molecule has 1 aliphatic heterocycles. The molecule has 1 heterocycles. The summed E-state index contributed by atoms with van der Waals surface area (Å²) in [6.07, 6.45) is 5.82. The lowest BCUT2D eigenvalue weighted by molar-refractivity contribution is -0.139. The van der Waals surface area contributed by atoms with E-state index >= 15 is 0 Å². The number of hydrogen-bond acceptors (Lipinski definition) is 6. The molecule has 136 valence electrons. The van der Waals surface area contributed by atoms with Crippen LogP contribution in [-0.4, -0.2) is 37.2 Å². The van der Waals surface area contributed by atoms with Crippen molar-refractivity contribution in [2.45, 2.75) is 0 Å². The summed E-state index contributed by atoms with van der Waals surface area (Å²) in [7, 11) is 2.31. The summed E-state index contributed by atoms with van der Waals surface area (Å²) >= 11 is 9.33. The molecule has 0 fully saturated rings. The number of hydrogen-bond donors (Lipinski definition) is 1. The minimum Gasteiger partial charge on any atom is -0.478 e. The van der Waals surface area contributed by atoms with Crippen molar-refractivity contribution >= 4 is 51.1 Å². The third kappa shape index (κ3) is 3.66. The molecule has 26 heavy (non-hydrogen) atoms. The Morgan fingerprint density at radius 3 is 2.35 bits per heavy atom. The predicted octanol–water partition coefficient (Wildman–Crippen LogP) is 3.29. The van der Waals surface area contributed by atoms with Crippen LogP contribution >= 0.6 is 27.5 Å². The zero-order chi connectivity index (χ0) is 19.4. The Hall–Kier alpha value is -2.58. The van der Waals surface area contributed by atoms with E-state index in [0.717, 1.165) is 7.11 Å². The van der Waals surface area contributed by atoms with Crippen LogP contribution in [0.4, 0.5) is 5.69 Å². The monoisotopic (exact) mass is 441 g/mol. The molecule has 0 spiro atoms. The van der Waals surface area contributed by atoms with Crippen LogP contribution < -0.4 is 4.90 Å². The molecule has 1 aromatic carbocycles. The fourth-order valence-corrected chi connectivity index (χ4v) is 3.07. The van der Waals surface area contributed by atoms with Gasteiger partial charge in [0.25, 0.3) is 0 Å². The summed E-state index contributed by atoms with van der Waals surface area (Å²) in [6, 6.07) is 2.93. The lowest BCUT2D eigenvalue weighted by atomic mass is 10.1. The second kappa shape index (κ2) is 8.20. The number of rotatable bonds is 4. The third-order valence-corrected chi connectivity index (χ3v) is 4.38. The molecule has 0 radical (unpaired) electrons. The van der Waals surface area contributed by atoms with Crippen LogP contribution in [0, 0.1) is 0 Å². The molecule has 1 aromatic rings. The van der Waals surface area contributed by atoms with Gasteiger partial charge in [0.05, 0.1) is 30.5 Å². The number of carbonyl (C=O) groups excluding carboxylic acids is 2. The van der Waals surface area contributed by atoms with E-state index in [4.69, 9.17) is 21.1 Å². The first kappa shape index (κ1) is 19.7. The van der Waals surface area contributed by atoms with E-state index in [1.807, 2.05) is 0 Å². The van der Waals surface area contributed by atoms with Gasteiger partial charge in [-0.1, -0.05) is 17.7 Å². The van der Waals surface area contributed by atoms with E-state index in [0.29, 0.717) is 4.47 Å². The van der Waals surface area contributed by atoms with E-state index in [2.05, 4.69) is 15.9 Å². The predicted molar refractivity (Wildman–Crippen MR) is 97.9 cm³/mol. The molecule has 0 saturated heterocycles. The van der Waals surface area contributed by atoms with Gasteiger partial charge in [0.15, 0.2) is 0 Å². The van der Waals surface area contributed by atoms with Crippen LogP contribution in [0.5, 0.6) is 0 Å². The zero-order valence-corrected chi connectivity index (χ0v) is 16.0. The second-order valence-corrected chi connectivity index (χ2v) is 6.14. The molecule has 9 heteroatoms. The highest BCUT2D eigenvalue weighted by atomic mass is 79.9. The number of carbonyl (C=O) groups is 3. The first-order valence-corrected chi connectivity index (χ1v) is 8.26. The molecule has 0 amide bonds. The Morgan fingerprint density at radius 2 is 1.77 bits per heavy atom. The molecule has 7 nitrogen and oxygen atoms in total. The van der Waals surface area contributed by atoms with Gasteiger partial charge in [0, 0.05) is 10.7 Å². The van der Waals surface area contributed by atoms with Gasteiger partial charge < -0.3 is 19.5 Å². The van der Waals surface area contributed by atoms with Crippen LogP contribution in [0.2, 0.25) is 5.02 Å². The number of esters is 2. The molecule has 1 aliphatic rings. The molecule has 0 unspecified atom stereocenters. The molecule has 1 N–H and O–H groups in total. The number of allylic oxidation sites excluding steroid dienone is 2. The van der Waals surface area contributed by atoms with Gasteiger partial charge in [0.1, 0.15) is 11.3 Å². The highest BCUT2D eigenvalue weighted by molar-refractivity contribution is 9.10. The number of ether oxygens (including phenoxy) is 2. The number of nitrogens with zero attached hydrogens (tertiary/aromatic N) is 1. The number of benzene rings is 1. The van der Waals surface area contributed by atoms with Gasteiger partial charge >= 0.3 is 17.9 Å². The van der Waals surface area contributed by atoms with Crippen molar-refractivity contribution in [2.75, 3.05) is 19.1 Å². The average Bonchev–Trinajstić information content (AvgIpc) is 2.84. The Labute approximate surface area is 162 Å². The molecule has 0 bridgehead atoms. The Balaban J connectivity index is 2.87. The van der Waals surface area contributed by atoms with Gasteiger partial charge in [-0.3, -0.25) is 0 Å². The number of methoxy groups -OCH3 is 2. The topological polar surface area (TPSA) is 93.1 Å². The molecule has 0 aromatic heterocycles. The fraction of sp³-hybridized carbons (Fsp3) is 0.118. The number of halogens is 2. The number of aromatic carboxylic acids is 1. The average molecular weight is 443 g/mol. The second-order valence-electron chi connectivity index (χ2n) is 4.87. The maximum atomic E-state index is 12.4. The molecular weight excluding hydrogens is 430 g/mol. The highest BCUT2D eigenvalue weighted by Crippen LogP contribution is 2.38. The number of carboxylic acids is 1. The summed E-state index contributed by atoms with van der Waals surface area (Å²) < 4.78 is 9.85. The van der Waals surface area contributed by atoms with Crippen LogP contribution in [0.25, 0.3) is 0 Å². The lowest BCUT2D eigenvalue weighted by Crippen LogP contribution is -2.28. The van der Waals surface area contributed by atoms with E-state index in [9.17, 15) is 19.5 Å². The molecule has 0 atom stereocenters. The summed E-state index contributed by atoms with van der Waals surface area (Å²) in [5, 5.41) is 9.54. The SMILES string of the molecule is COC(=O)C1=C(C(=O)OC)N(c2c(Br)ccc(Cl)c2C(=O)O)C=CC=C1. The maximum absolute atomic E-state index is 12.4. The largest absolute Gasteiger partial charge is 0.478 e. The summed E-state index contributed by atoms with van der Waals surface area (Å²) in [5.74, 6) is -2.95. The van der Waals surface area contributed by atoms with Gasteiger partial charge in [-0.2, -0.15) is 0 Å². The standard InChI is InChI=1S/C17H13BrClNO6/c1-25-16(23)9-5-3-4-8-20(13(9)17(24)26-2)14-10(18)6-7-11(19)12(14)15(21)22/h3-8H,1-2H3,(H,21,22). The van der Waals surface area contributed by atoms with Crippen molar-refractivity contribution in [1.82, 2.24) is 0 Å². The zero-order valence-electron chi connectivity index (χ0n) is 13.7.